The molecule has 0 radical (unpaired) electrons. The Hall–Kier alpha value is -0.0800. The van der Waals surface area contributed by atoms with Gasteiger partial charge in [0.1, 0.15) is 0 Å². The van der Waals surface area contributed by atoms with Gasteiger partial charge < -0.3 is 5.32 Å². The van der Waals surface area contributed by atoms with E-state index < -0.39 is 0 Å². The Morgan fingerprint density at radius 3 is 2.30 bits per heavy atom. The predicted molar refractivity (Wildman–Crippen MR) is 88.1 cm³/mol. The molecule has 1 N–H and O–H groups in total. The Morgan fingerprint density at radius 2 is 1.75 bits per heavy atom. The number of hydrogen-bond acceptors (Lipinski definition) is 2. The molecule has 2 rings (SSSR count). The summed E-state index contributed by atoms with van der Waals surface area (Å²) in [5.74, 6) is 1.02. The van der Waals surface area contributed by atoms with Crippen LogP contribution < -0.4 is 5.32 Å². The number of nitrogens with one attached hydrogen (secondary N) is 1. The van der Waals surface area contributed by atoms with Crippen LogP contribution in [0, 0.1) is 11.3 Å². The molecule has 0 spiro atoms. The molecule has 2 aliphatic rings. The van der Waals surface area contributed by atoms with E-state index in [1.54, 1.807) is 0 Å². The molecular formula is C18H36N2. The molecule has 2 nitrogen and oxygen atoms in total. The van der Waals surface area contributed by atoms with Crippen molar-refractivity contribution in [1.29, 1.82) is 0 Å². The largest absolute Gasteiger partial charge is 0.311 e. The van der Waals surface area contributed by atoms with Crippen LogP contribution in [-0.4, -0.2) is 36.1 Å². The van der Waals surface area contributed by atoms with Gasteiger partial charge in [-0.2, -0.15) is 0 Å². The van der Waals surface area contributed by atoms with Crippen molar-refractivity contribution in [3.05, 3.63) is 0 Å². The minimum absolute atomic E-state index is 0.373. The van der Waals surface area contributed by atoms with Crippen molar-refractivity contribution < 1.29 is 0 Å². The average Bonchev–Trinajstić information content (AvgIpc) is 2.39. The van der Waals surface area contributed by atoms with Crippen molar-refractivity contribution in [3.8, 4) is 0 Å². The molecule has 0 amide bonds. The van der Waals surface area contributed by atoms with E-state index in [2.05, 4.69) is 44.8 Å². The summed E-state index contributed by atoms with van der Waals surface area (Å²) >= 11 is 0. The van der Waals surface area contributed by atoms with E-state index in [1.807, 2.05) is 0 Å². The van der Waals surface area contributed by atoms with E-state index in [0.717, 1.165) is 18.5 Å². The highest BCUT2D eigenvalue weighted by atomic mass is 15.3. The van der Waals surface area contributed by atoms with Crippen molar-refractivity contribution in [3.63, 3.8) is 0 Å². The maximum absolute atomic E-state index is 3.77. The zero-order chi connectivity index (χ0) is 14.8. The standard InChI is InChI=1S/C18H36N2/c1-6-7-15-8-10-16(11-9-15)20-13-17(18(3,4)5)19-12-14(20)2/h14-17,19H,6-13H2,1-5H3. The third-order valence-electron chi connectivity index (χ3n) is 5.65. The zero-order valence-electron chi connectivity index (χ0n) is 14.4. The van der Waals surface area contributed by atoms with Crippen molar-refractivity contribution in [2.75, 3.05) is 13.1 Å². The van der Waals surface area contributed by atoms with E-state index >= 15 is 0 Å². The van der Waals surface area contributed by atoms with Crippen molar-refractivity contribution in [2.24, 2.45) is 11.3 Å². The van der Waals surface area contributed by atoms with Crippen LogP contribution in [0.5, 0.6) is 0 Å². The molecular weight excluding hydrogens is 244 g/mol. The summed E-state index contributed by atoms with van der Waals surface area (Å²) in [5, 5.41) is 3.77. The van der Waals surface area contributed by atoms with Gasteiger partial charge in [-0.25, -0.2) is 0 Å². The highest BCUT2D eigenvalue weighted by molar-refractivity contribution is 4.94. The third kappa shape index (κ3) is 3.98. The Kier molecular flexibility index (Phi) is 5.53. The van der Waals surface area contributed by atoms with Crippen LogP contribution in [-0.2, 0) is 0 Å². The van der Waals surface area contributed by atoms with Gasteiger partial charge in [-0.3, -0.25) is 4.90 Å². The van der Waals surface area contributed by atoms with Gasteiger partial charge in [0.15, 0.2) is 0 Å². The monoisotopic (exact) mass is 280 g/mol. The molecule has 2 fully saturated rings. The van der Waals surface area contributed by atoms with Crippen molar-refractivity contribution in [2.45, 2.75) is 91.3 Å². The summed E-state index contributed by atoms with van der Waals surface area (Å²) in [4.78, 5) is 2.83. The lowest BCUT2D eigenvalue weighted by molar-refractivity contribution is 0.0350. The molecule has 2 atom stereocenters. The van der Waals surface area contributed by atoms with Crippen LogP contribution in [0.2, 0.25) is 0 Å². The minimum Gasteiger partial charge on any atom is -0.311 e. The van der Waals surface area contributed by atoms with E-state index in [0.29, 0.717) is 17.5 Å². The van der Waals surface area contributed by atoms with Gasteiger partial charge in [-0.15, -0.1) is 0 Å². The molecule has 2 heteroatoms. The number of hydrogen-bond donors (Lipinski definition) is 1. The smallest absolute Gasteiger partial charge is 0.0244 e. The fourth-order valence-corrected chi connectivity index (χ4v) is 4.15. The fraction of sp³-hybridized carbons (Fsp3) is 1.00. The molecule has 0 aromatic rings. The normalized spacial score (nSPS) is 37.0. The number of piperazine rings is 1. The first-order chi connectivity index (χ1) is 9.41. The Labute approximate surface area is 126 Å². The molecule has 1 saturated heterocycles. The van der Waals surface area contributed by atoms with Crippen LogP contribution in [0.25, 0.3) is 0 Å². The van der Waals surface area contributed by atoms with E-state index in [-0.39, 0.29) is 0 Å². The molecule has 1 heterocycles. The van der Waals surface area contributed by atoms with Crippen molar-refractivity contribution >= 4 is 0 Å². The van der Waals surface area contributed by atoms with Gasteiger partial charge in [-0.1, -0.05) is 40.5 Å². The fourth-order valence-electron chi connectivity index (χ4n) is 4.15. The SMILES string of the molecule is CCCC1CCC(N2CC(C(C)(C)C)NCC2C)CC1. The third-order valence-corrected chi connectivity index (χ3v) is 5.65. The molecule has 1 saturated carbocycles. The highest BCUT2D eigenvalue weighted by Crippen LogP contribution is 2.33. The first kappa shape index (κ1) is 16.3. The van der Waals surface area contributed by atoms with Crippen LogP contribution in [0.1, 0.15) is 73.1 Å². The first-order valence-corrected chi connectivity index (χ1v) is 8.91. The first-order valence-electron chi connectivity index (χ1n) is 8.91. The quantitative estimate of drug-likeness (QED) is 0.839. The molecule has 118 valence electrons. The topological polar surface area (TPSA) is 15.3 Å². The molecule has 0 bridgehead atoms. The van der Waals surface area contributed by atoms with E-state index in [9.17, 15) is 0 Å². The maximum atomic E-state index is 3.77. The molecule has 0 aromatic heterocycles. The summed E-state index contributed by atoms with van der Waals surface area (Å²) in [5.41, 5.74) is 0.373. The van der Waals surface area contributed by atoms with Gasteiger partial charge in [0.2, 0.25) is 0 Å². The number of rotatable bonds is 3. The lowest BCUT2D eigenvalue weighted by Crippen LogP contribution is -2.62. The van der Waals surface area contributed by atoms with E-state index in [1.165, 1.54) is 45.1 Å². The van der Waals surface area contributed by atoms with Gasteiger partial charge in [-0.05, 0) is 43.9 Å². The molecule has 1 aliphatic heterocycles. The van der Waals surface area contributed by atoms with Gasteiger partial charge in [0.05, 0.1) is 0 Å². The summed E-state index contributed by atoms with van der Waals surface area (Å²) < 4.78 is 0. The Balaban J connectivity index is 1.90. The highest BCUT2D eigenvalue weighted by Gasteiger charge is 2.36. The summed E-state index contributed by atoms with van der Waals surface area (Å²) in [6.45, 7) is 14.3. The summed E-state index contributed by atoms with van der Waals surface area (Å²) in [6, 6.07) is 2.21. The van der Waals surface area contributed by atoms with Crippen molar-refractivity contribution in [1.82, 2.24) is 10.2 Å². The van der Waals surface area contributed by atoms with Gasteiger partial charge in [0, 0.05) is 31.2 Å². The second-order valence-corrected chi connectivity index (χ2v) is 8.34. The predicted octanol–water partition coefficient (Wildman–Crippen LogP) is 4.05. The van der Waals surface area contributed by atoms with Gasteiger partial charge >= 0.3 is 0 Å². The van der Waals surface area contributed by atoms with Crippen LogP contribution in [0.3, 0.4) is 0 Å². The molecule has 2 unspecified atom stereocenters. The van der Waals surface area contributed by atoms with Crippen LogP contribution in [0.15, 0.2) is 0 Å². The summed E-state index contributed by atoms with van der Waals surface area (Å²) in [7, 11) is 0. The molecule has 20 heavy (non-hydrogen) atoms. The van der Waals surface area contributed by atoms with Crippen LogP contribution in [0.4, 0.5) is 0 Å². The average molecular weight is 281 g/mol. The lowest BCUT2D eigenvalue weighted by atomic mass is 9.80. The number of nitrogens with zero attached hydrogens (tertiary/aromatic N) is 1. The Morgan fingerprint density at radius 1 is 1.10 bits per heavy atom. The van der Waals surface area contributed by atoms with Gasteiger partial charge in [0.25, 0.3) is 0 Å². The second-order valence-electron chi connectivity index (χ2n) is 8.34. The Bertz CT molecular complexity index is 286. The lowest BCUT2D eigenvalue weighted by Gasteiger charge is -2.48. The maximum Gasteiger partial charge on any atom is 0.0244 e. The minimum atomic E-state index is 0.373. The summed E-state index contributed by atoms with van der Waals surface area (Å²) in [6.07, 6.45) is 8.63. The van der Waals surface area contributed by atoms with Crippen LogP contribution >= 0.6 is 0 Å². The molecule has 1 aliphatic carbocycles. The second kappa shape index (κ2) is 6.79. The van der Waals surface area contributed by atoms with E-state index in [4.69, 9.17) is 0 Å². The molecule has 0 aromatic carbocycles. The zero-order valence-corrected chi connectivity index (χ0v) is 14.4.